The fourth-order valence-corrected chi connectivity index (χ4v) is 3.50. The van der Waals surface area contributed by atoms with Gasteiger partial charge in [-0.15, -0.1) is 0 Å². The highest BCUT2D eigenvalue weighted by Gasteiger charge is 2.41. The van der Waals surface area contributed by atoms with Crippen molar-refractivity contribution in [2.24, 2.45) is 5.10 Å². The highest BCUT2D eigenvalue weighted by atomic mass is 19.3. The molecular weight excluding hydrogens is 374 g/mol. The van der Waals surface area contributed by atoms with E-state index in [0.717, 1.165) is 11.4 Å². The average Bonchev–Trinajstić information content (AvgIpc) is 3.31. The predicted octanol–water partition coefficient (Wildman–Crippen LogP) is 4.69. The number of hydrogen-bond acceptors (Lipinski definition) is 4. The van der Waals surface area contributed by atoms with Gasteiger partial charge in [0.25, 0.3) is 0 Å². The van der Waals surface area contributed by atoms with Crippen molar-refractivity contribution in [1.82, 2.24) is 9.78 Å². The number of ether oxygens (including phenoxy) is 1. The van der Waals surface area contributed by atoms with Gasteiger partial charge in [0, 0.05) is 11.8 Å². The number of para-hydroxylation sites is 1. The number of halogens is 2. The average molecular weight is 390 g/mol. The summed E-state index contributed by atoms with van der Waals surface area (Å²) in [6.45, 7) is 4.08. The molecule has 7 heteroatoms. The van der Waals surface area contributed by atoms with Crippen LogP contribution in [0.4, 0.5) is 14.5 Å². The normalized spacial score (nSPS) is 17.1. The molecule has 0 amide bonds. The van der Waals surface area contributed by atoms with Crippen LogP contribution in [-0.2, 0) is 6.42 Å². The smallest absolute Gasteiger partial charge is 0.402 e. The number of hydrazone groups is 1. The zero-order valence-electron chi connectivity index (χ0n) is 15.3. The molecule has 5 rings (SSSR count). The van der Waals surface area contributed by atoms with E-state index >= 15 is 0 Å². The monoisotopic (exact) mass is 390 g/mol. The third-order valence-electron chi connectivity index (χ3n) is 4.81. The number of rotatable bonds is 3. The van der Waals surface area contributed by atoms with Gasteiger partial charge in [0.15, 0.2) is 0 Å². The number of nitrogens with zero attached hydrogens (tertiary/aromatic N) is 4. The number of alkyl halides is 2. The summed E-state index contributed by atoms with van der Waals surface area (Å²) in [5, 5.41) is 10.7. The summed E-state index contributed by atoms with van der Waals surface area (Å²) in [4.78, 5) is 0. The second-order valence-corrected chi connectivity index (χ2v) is 6.77. The number of hydrogen-bond donors (Lipinski definition) is 0. The van der Waals surface area contributed by atoms with Crippen LogP contribution in [0.1, 0.15) is 11.3 Å². The maximum Gasteiger partial charge on any atom is 0.402 e. The van der Waals surface area contributed by atoms with E-state index in [9.17, 15) is 8.78 Å². The van der Waals surface area contributed by atoms with Gasteiger partial charge in [-0.1, -0.05) is 30.8 Å². The first-order chi connectivity index (χ1) is 14.0. The Balaban J connectivity index is 1.58. The van der Waals surface area contributed by atoms with Crippen molar-refractivity contribution in [2.75, 3.05) is 5.01 Å². The molecule has 3 heterocycles. The molecule has 3 aromatic rings. The van der Waals surface area contributed by atoms with E-state index in [0.29, 0.717) is 22.5 Å². The van der Waals surface area contributed by atoms with E-state index in [2.05, 4.69) is 16.8 Å². The van der Waals surface area contributed by atoms with Gasteiger partial charge in [-0.05, 0) is 42.0 Å². The van der Waals surface area contributed by atoms with Gasteiger partial charge in [0.05, 0.1) is 29.7 Å². The summed E-state index contributed by atoms with van der Waals surface area (Å²) < 4.78 is 34.1. The standard InChI is InChI=1S/C22H16F2N4O/c1-15-11-13-27(18-8-5-9-20-17(18)14-22(23,24)29-20)26-21(15)19-10-12-25-28(19)16-6-3-2-4-7-16/h2-13H,1,14H2. The molecule has 29 heavy (non-hydrogen) atoms. The summed E-state index contributed by atoms with van der Waals surface area (Å²) in [6.07, 6.45) is 1.51. The Morgan fingerprint density at radius 3 is 2.69 bits per heavy atom. The van der Waals surface area contributed by atoms with Gasteiger partial charge < -0.3 is 4.74 Å². The summed E-state index contributed by atoms with van der Waals surface area (Å²) in [7, 11) is 0. The van der Waals surface area contributed by atoms with E-state index in [1.807, 2.05) is 36.4 Å². The van der Waals surface area contributed by atoms with Crippen molar-refractivity contribution in [2.45, 2.75) is 12.5 Å². The first kappa shape index (κ1) is 17.4. The molecule has 2 aromatic carbocycles. The number of anilines is 1. The van der Waals surface area contributed by atoms with Gasteiger partial charge >= 0.3 is 6.11 Å². The lowest BCUT2D eigenvalue weighted by Gasteiger charge is -2.23. The predicted molar refractivity (Wildman–Crippen MR) is 107 cm³/mol. The first-order valence-corrected chi connectivity index (χ1v) is 9.06. The van der Waals surface area contributed by atoms with Gasteiger partial charge in [-0.3, -0.25) is 0 Å². The van der Waals surface area contributed by atoms with E-state index in [4.69, 9.17) is 4.74 Å². The lowest BCUT2D eigenvalue weighted by Crippen LogP contribution is -2.22. The van der Waals surface area contributed by atoms with Crippen LogP contribution in [0, 0.1) is 0 Å². The number of fused-ring (bicyclic) bond motifs is 1. The molecule has 1 aromatic heterocycles. The maximum atomic E-state index is 13.8. The van der Waals surface area contributed by atoms with E-state index in [1.54, 1.807) is 46.4 Å². The molecule has 2 aliphatic rings. The second kappa shape index (κ2) is 6.41. The number of allylic oxidation sites excluding steroid dienone is 2. The summed E-state index contributed by atoms with van der Waals surface area (Å²) in [5.74, 6) is 0.177. The lowest BCUT2D eigenvalue weighted by atomic mass is 10.1. The first-order valence-electron chi connectivity index (χ1n) is 9.06. The Hall–Kier alpha value is -3.74. The van der Waals surface area contributed by atoms with E-state index in [-0.39, 0.29) is 5.75 Å². The highest BCUT2D eigenvalue weighted by Crippen LogP contribution is 2.42. The Labute approximate surface area is 165 Å². The molecule has 5 nitrogen and oxygen atoms in total. The molecule has 0 radical (unpaired) electrons. The maximum absolute atomic E-state index is 13.8. The number of aromatic nitrogens is 2. The fourth-order valence-electron chi connectivity index (χ4n) is 3.50. The van der Waals surface area contributed by atoms with Gasteiger partial charge in [0.2, 0.25) is 0 Å². The Morgan fingerprint density at radius 1 is 1.03 bits per heavy atom. The van der Waals surface area contributed by atoms with Crippen molar-refractivity contribution < 1.29 is 13.5 Å². The zero-order chi connectivity index (χ0) is 20.0. The molecule has 0 saturated heterocycles. The molecular formula is C22H16F2N4O. The Kier molecular flexibility index (Phi) is 3.84. The van der Waals surface area contributed by atoms with Gasteiger partial charge in [-0.2, -0.15) is 19.0 Å². The van der Waals surface area contributed by atoms with Crippen LogP contribution in [0.2, 0.25) is 0 Å². The largest absolute Gasteiger partial charge is 0.432 e. The van der Waals surface area contributed by atoms with Crippen molar-refractivity contribution in [3.05, 3.63) is 96.5 Å². The lowest BCUT2D eigenvalue weighted by molar-refractivity contribution is -0.159. The van der Waals surface area contributed by atoms with Gasteiger partial charge in [-0.25, -0.2) is 9.69 Å². The molecule has 0 bridgehead atoms. The van der Waals surface area contributed by atoms with Crippen molar-refractivity contribution in [1.29, 1.82) is 0 Å². The quantitative estimate of drug-likeness (QED) is 0.651. The van der Waals surface area contributed by atoms with Gasteiger partial charge in [0.1, 0.15) is 11.5 Å². The van der Waals surface area contributed by atoms with Crippen molar-refractivity contribution in [3.63, 3.8) is 0 Å². The zero-order valence-corrected chi connectivity index (χ0v) is 15.3. The van der Waals surface area contributed by atoms with Crippen molar-refractivity contribution >= 4 is 11.4 Å². The third kappa shape index (κ3) is 3.00. The molecule has 2 aliphatic heterocycles. The highest BCUT2D eigenvalue weighted by molar-refractivity contribution is 6.14. The van der Waals surface area contributed by atoms with Crippen LogP contribution in [0.5, 0.6) is 5.75 Å². The SMILES string of the molecule is C=C1C=CN(c2cccc3c2CC(F)(F)O3)N=C1c1ccnn1-c1ccccc1. The summed E-state index contributed by atoms with van der Waals surface area (Å²) in [6, 6.07) is 16.5. The minimum Gasteiger partial charge on any atom is -0.432 e. The molecule has 0 spiro atoms. The van der Waals surface area contributed by atoms with Crippen LogP contribution in [0.25, 0.3) is 5.69 Å². The van der Waals surface area contributed by atoms with Crippen LogP contribution in [0.3, 0.4) is 0 Å². The van der Waals surface area contributed by atoms with Crippen LogP contribution >= 0.6 is 0 Å². The number of benzene rings is 2. The molecule has 0 aliphatic carbocycles. The molecule has 144 valence electrons. The Morgan fingerprint density at radius 2 is 1.86 bits per heavy atom. The summed E-state index contributed by atoms with van der Waals surface area (Å²) in [5.41, 5.74) is 3.92. The minimum absolute atomic E-state index is 0.177. The molecule has 0 fully saturated rings. The van der Waals surface area contributed by atoms with Crippen molar-refractivity contribution in [3.8, 4) is 11.4 Å². The molecule has 0 saturated carbocycles. The molecule has 0 unspecified atom stereocenters. The third-order valence-corrected chi connectivity index (χ3v) is 4.81. The summed E-state index contributed by atoms with van der Waals surface area (Å²) >= 11 is 0. The van der Waals surface area contributed by atoms with Crippen LogP contribution in [0.15, 0.2) is 90.3 Å². The van der Waals surface area contributed by atoms with Crippen LogP contribution < -0.4 is 9.75 Å². The van der Waals surface area contributed by atoms with E-state index in [1.165, 1.54) is 0 Å². The Bertz CT molecular complexity index is 1160. The minimum atomic E-state index is -3.21. The molecule has 0 N–H and O–H groups in total. The molecule has 0 atom stereocenters. The van der Waals surface area contributed by atoms with Crippen LogP contribution in [-0.4, -0.2) is 21.6 Å². The van der Waals surface area contributed by atoms with E-state index < -0.39 is 12.5 Å². The fraction of sp³-hybridized carbons (Fsp3) is 0.0909. The topological polar surface area (TPSA) is 42.6 Å². The second-order valence-electron chi connectivity index (χ2n) is 6.77.